The van der Waals surface area contributed by atoms with Crippen LogP contribution in [0.15, 0.2) is 33.7 Å². The molecule has 2 rings (SSSR count). The van der Waals surface area contributed by atoms with Gasteiger partial charge in [0.2, 0.25) is 0 Å². The zero-order valence-corrected chi connectivity index (χ0v) is 28.1. The van der Waals surface area contributed by atoms with Crippen LogP contribution in [-0.2, 0) is 23.3 Å². The molecule has 0 heterocycles. The molecule has 0 aromatic rings. The van der Waals surface area contributed by atoms with E-state index in [1.165, 1.54) is 36.1 Å². The van der Waals surface area contributed by atoms with Gasteiger partial charge in [0.05, 0.1) is 0 Å². The van der Waals surface area contributed by atoms with Crippen LogP contribution in [0.25, 0.3) is 0 Å². The summed E-state index contributed by atoms with van der Waals surface area (Å²) in [6.45, 7) is 23.4. The number of halogens is 2. The quantitative estimate of drug-likeness (QED) is 0.335. The molecule has 30 heavy (non-hydrogen) atoms. The van der Waals surface area contributed by atoms with E-state index in [1.807, 2.05) is 0 Å². The van der Waals surface area contributed by atoms with Gasteiger partial charge in [-0.25, -0.2) is 22.5 Å². The Labute approximate surface area is 218 Å². The molecule has 0 spiro atoms. The fraction of sp³-hybridized carbons (Fsp3) is 0.667. The van der Waals surface area contributed by atoms with Crippen LogP contribution in [0.4, 0.5) is 0 Å². The number of rotatable bonds is 6. The zero-order valence-electron chi connectivity index (χ0n) is 21.2. The first kappa shape index (κ1) is 35.7. The summed E-state index contributed by atoms with van der Waals surface area (Å²) in [6.07, 6.45) is 19.1. The van der Waals surface area contributed by atoms with Gasteiger partial charge >= 0.3 is 41.9 Å². The van der Waals surface area contributed by atoms with E-state index in [-0.39, 0.29) is 30.2 Å². The van der Waals surface area contributed by atoms with Crippen molar-refractivity contribution in [1.29, 1.82) is 0 Å². The van der Waals surface area contributed by atoms with Crippen molar-refractivity contribution in [1.82, 2.24) is 0 Å². The van der Waals surface area contributed by atoms with Crippen LogP contribution in [0.3, 0.4) is 0 Å². The van der Waals surface area contributed by atoms with Gasteiger partial charge in [0.15, 0.2) is 0 Å². The second-order valence-corrected chi connectivity index (χ2v) is 29.6. The third-order valence-corrected chi connectivity index (χ3v) is 8.34. The molecule has 0 nitrogen and oxygen atoms in total. The smallest absolute Gasteiger partial charge is 1.00 e. The molecule has 0 aromatic heterocycles. The number of hydrogen-bond donors (Lipinski definition) is 0. The van der Waals surface area contributed by atoms with E-state index in [0.717, 1.165) is 12.8 Å². The van der Waals surface area contributed by atoms with Crippen molar-refractivity contribution < 1.29 is 48.1 Å². The molecule has 0 radical (unpaired) electrons. The molecule has 0 bridgehead atoms. The first-order chi connectivity index (χ1) is 12.8. The predicted molar refractivity (Wildman–Crippen MR) is 133 cm³/mol. The van der Waals surface area contributed by atoms with Crippen molar-refractivity contribution in [3.05, 3.63) is 45.8 Å². The predicted octanol–water partition coefficient (Wildman–Crippen LogP) is 2.24. The Morgan fingerprint density at radius 3 is 1.20 bits per heavy atom. The van der Waals surface area contributed by atoms with Crippen molar-refractivity contribution in [3.63, 3.8) is 0 Å². The van der Waals surface area contributed by atoms with Crippen LogP contribution in [0, 0.1) is 12.2 Å². The van der Waals surface area contributed by atoms with Gasteiger partial charge in [-0.15, -0.1) is 12.8 Å². The van der Waals surface area contributed by atoms with E-state index in [9.17, 15) is 0 Å². The molecule has 0 aliphatic heterocycles. The van der Waals surface area contributed by atoms with Crippen LogP contribution < -0.4 is 24.8 Å². The largest absolute Gasteiger partial charge is 1.00 e. The minimum Gasteiger partial charge on any atom is -1.00 e. The molecular weight excluding hydrogens is 535 g/mol. The molecule has 0 fully saturated rings. The van der Waals surface area contributed by atoms with Crippen LogP contribution in [0.5, 0.6) is 0 Å². The molecule has 0 aromatic carbocycles. The summed E-state index contributed by atoms with van der Waals surface area (Å²) in [5.74, 6) is 0. The first-order valence-electron chi connectivity index (χ1n) is 10.9. The normalized spacial score (nSPS) is 15.1. The summed E-state index contributed by atoms with van der Waals surface area (Å²) >= 11 is 1.74. The first-order valence-corrected chi connectivity index (χ1v) is 24.1. The Kier molecular flexibility index (Phi) is 20.8. The van der Waals surface area contributed by atoms with Crippen LogP contribution in [0.1, 0.15) is 52.4 Å². The maximum atomic E-state index is 3.52. The van der Waals surface area contributed by atoms with E-state index in [1.54, 1.807) is 34.5 Å². The van der Waals surface area contributed by atoms with Gasteiger partial charge in [-0.05, 0) is 12.8 Å². The molecule has 0 N–H and O–H groups in total. The van der Waals surface area contributed by atoms with E-state index >= 15 is 0 Å². The monoisotopic (exact) mass is 576 g/mol. The summed E-state index contributed by atoms with van der Waals surface area (Å²) in [6, 6.07) is 0. The van der Waals surface area contributed by atoms with Crippen molar-refractivity contribution in [2.75, 3.05) is 0 Å². The van der Waals surface area contributed by atoms with Gasteiger partial charge in [-0.3, -0.25) is 12.2 Å². The zero-order chi connectivity index (χ0) is 22.0. The van der Waals surface area contributed by atoms with Crippen molar-refractivity contribution >= 4 is 21.6 Å². The summed E-state index contributed by atoms with van der Waals surface area (Å²) < 4.78 is 0. The number of hydrogen-bond acceptors (Lipinski definition) is 0. The van der Waals surface area contributed by atoms with Crippen molar-refractivity contribution in [2.24, 2.45) is 0 Å². The molecule has 172 valence electrons. The Hall–Kier alpha value is 1.07. The van der Waals surface area contributed by atoms with E-state index in [2.05, 4.69) is 90.5 Å². The van der Waals surface area contributed by atoms with Gasteiger partial charge in [0.1, 0.15) is 0 Å². The third-order valence-electron chi connectivity index (χ3n) is 4.47. The van der Waals surface area contributed by atoms with Gasteiger partial charge < -0.3 is 24.8 Å². The van der Waals surface area contributed by atoms with Crippen molar-refractivity contribution in [3.8, 4) is 0 Å². The van der Waals surface area contributed by atoms with Gasteiger partial charge in [0.25, 0.3) is 0 Å². The van der Waals surface area contributed by atoms with Gasteiger partial charge in [0, 0.05) is 16.1 Å². The van der Waals surface area contributed by atoms with Crippen LogP contribution >= 0.6 is 0 Å². The fourth-order valence-electron chi connectivity index (χ4n) is 2.96. The summed E-state index contributed by atoms with van der Waals surface area (Å²) in [5, 5.41) is 3.07. The molecule has 0 atom stereocenters. The Bertz CT molecular complexity index is 580. The summed E-state index contributed by atoms with van der Waals surface area (Å²) in [4.78, 5) is 0. The van der Waals surface area contributed by atoms with Crippen LogP contribution in [-0.4, -0.2) is 21.6 Å². The molecular formula is C24H44Cl2Si3Zr-2. The number of allylic oxidation sites excluding steroid dienone is 8. The summed E-state index contributed by atoms with van der Waals surface area (Å²) in [7, 11) is -2.13. The topological polar surface area (TPSA) is 0 Å². The Balaban J connectivity index is -0.000000391. The minimum absolute atomic E-state index is 0. The van der Waals surface area contributed by atoms with E-state index in [0.29, 0.717) is 0 Å². The second-order valence-electron chi connectivity index (χ2n) is 10.1. The summed E-state index contributed by atoms with van der Waals surface area (Å²) in [5.41, 5.74) is 3.40. The Morgan fingerprint density at radius 2 is 1.03 bits per heavy atom. The van der Waals surface area contributed by atoms with Gasteiger partial charge in [-0.1, -0.05) is 66.0 Å². The molecule has 0 unspecified atom stereocenters. The average Bonchev–Trinajstić information content (AvgIpc) is 3.16. The molecule has 0 saturated carbocycles. The van der Waals surface area contributed by atoms with Crippen molar-refractivity contribution in [2.45, 2.75) is 105 Å². The maximum Gasteiger partial charge on any atom is -1.00 e. The van der Waals surface area contributed by atoms with Gasteiger partial charge in [-0.2, -0.15) is 11.1 Å². The second kappa shape index (κ2) is 17.5. The third kappa shape index (κ3) is 16.7. The Morgan fingerprint density at radius 1 is 0.767 bits per heavy atom. The molecule has 0 amide bonds. The maximum absolute atomic E-state index is 3.52. The standard InChI is InChI=1S/2C11H19Si.C2H6Si.2ClH.Zr/c2*1-5-6-10-7-8-11(9-10)12(2,3)4;1-3-2;;;/h2*9H,5-7H2,1-4H3;1-2H3;2*1H;/q2*-1;;;;+2/p-2. The van der Waals surface area contributed by atoms with E-state index in [4.69, 9.17) is 0 Å². The van der Waals surface area contributed by atoms with E-state index < -0.39 is 16.1 Å². The molecule has 2 aliphatic carbocycles. The average molecular weight is 579 g/mol. The molecule has 0 saturated heterocycles. The minimum atomic E-state index is -1.07. The molecule has 6 heteroatoms. The molecule has 2 aliphatic rings. The van der Waals surface area contributed by atoms with Crippen LogP contribution in [0.2, 0.25) is 52.4 Å². The fourth-order valence-corrected chi connectivity index (χ4v) is 5.47. The SMILES string of the molecule is CCCC1=CC([Si](C)(C)C)=[C-]C1.CCCC1=CC([Si](C)(C)C)=[C-]C1.C[Si](C)=[Zr+2].[Cl-].[Cl-].